The number of carbonyl (C=O) groups is 1. The fourth-order valence-electron chi connectivity index (χ4n) is 3.54. The van der Waals surface area contributed by atoms with Crippen LogP contribution in [0, 0.1) is 11.8 Å². The Morgan fingerprint density at radius 2 is 1.69 bits per heavy atom. The average molecular weight is 384 g/mol. The largest absolute Gasteiger partial charge is 0.449 e. The third kappa shape index (κ3) is 4.13. The van der Waals surface area contributed by atoms with E-state index in [0.717, 1.165) is 0 Å². The molecule has 144 valence electrons. The summed E-state index contributed by atoms with van der Waals surface area (Å²) in [5, 5.41) is 11.7. The maximum absolute atomic E-state index is 12.1. The topological polar surface area (TPSA) is 71.5 Å². The average Bonchev–Trinajstić information content (AvgIpc) is 3.09. The van der Waals surface area contributed by atoms with Gasteiger partial charge in [-0.1, -0.05) is 60.5 Å². The molecule has 1 aliphatic carbocycles. The molecule has 1 aliphatic rings. The van der Waals surface area contributed by atoms with Gasteiger partial charge >= 0.3 is 6.09 Å². The number of aliphatic hydroxyl groups excluding tert-OH is 1. The van der Waals surface area contributed by atoms with Crippen LogP contribution in [0.15, 0.2) is 66.7 Å². The highest BCUT2D eigenvalue weighted by atomic mass is 16.5. The summed E-state index contributed by atoms with van der Waals surface area (Å²) in [5.74, 6) is 5.72. The molecule has 0 saturated carbocycles. The molecule has 0 fully saturated rings. The minimum atomic E-state index is -0.502. The van der Waals surface area contributed by atoms with Gasteiger partial charge in [-0.25, -0.2) is 9.78 Å². The summed E-state index contributed by atoms with van der Waals surface area (Å²) in [6.45, 7) is 0.294. The van der Waals surface area contributed by atoms with Crippen LogP contribution in [0.1, 0.15) is 28.4 Å². The summed E-state index contributed by atoms with van der Waals surface area (Å²) in [4.78, 5) is 16.3. The summed E-state index contributed by atoms with van der Waals surface area (Å²) in [6.07, 6.45) is -0.502. The second-order valence-corrected chi connectivity index (χ2v) is 6.65. The zero-order chi connectivity index (χ0) is 20.1. The van der Waals surface area contributed by atoms with Crippen LogP contribution >= 0.6 is 0 Å². The van der Waals surface area contributed by atoms with Crippen LogP contribution in [-0.4, -0.2) is 29.3 Å². The number of rotatable bonds is 4. The van der Waals surface area contributed by atoms with Crippen molar-refractivity contribution in [1.29, 1.82) is 0 Å². The normalized spacial score (nSPS) is 11.8. The third-order valence-electron chi connectivity index (χ3n) is 4.85. The van der Waals surface area contributed by atoms with Gasteiger partial charge in [0.1, 0.15) is 12.3 Å². The van der Waals surface area contributed by atoms with Crippen LogP contribution in [0.5, 0.6) is 0 Å². The van der Waals surface area contributed by atoms with Crippen molar-refractivity contribution >= 4 is 6.09 Å². The number of hydrogen-bond donors (Lipinski definition) is 2. The Labute approximate surface area is 169 Å². The zero-order valence-corrected chi connectivity index (χ0v) is 15.8. The molecule has 1 heterocycles. The molecule has 1 aromatic heterocycles. The predicted molar refractivity (Wildman–Crippen MR) is 110 cm³/mol. The van der Waals surface area contributed by atoms with E-state index in [0.29, 0.717) is 11.4 Å². The van der Waals surface area contributed by atoms with Crippen molar-refractivity contribution in [3.05, 3.63) is 89.2 Å². The first-order chi connectivity index (χ1) is 14.3. The van der Waals surface area contributed by atoms with E-state index in [1.165, 1.54) is 22.3 Å². The lowest BCUT2D eigenvalue weighted by Gasteiger charge is -2.14. The zero-order valence-electron chi connectivity index (χ0n) is 15.8. The summed E-state index contributed by atoms with van der Waals surface area (Å²) in [7, 11) is 0. The van der Waals surface area contributed by atoms with Gasteiger partial charge in [0.2, 0.25) is 0 Å². The van der Waals surface area contributed by atoms with Gasteiger partial charge in [0, 0.05) is 5.92 Å². The number of benzene rings is 2. The Morgan fingerprint density at radius 1 is 1.00 bits per heavy atom. The van der Waals surface area contributed by atoms with Gasteiger partial charge in [-0.3, -0.25) is 0 Å². The molecule has 0 atom stereocenters. The molecule has 4 rings (SSSR count). The second-order valence-electron chi connectivity index (χ2n) is 6.65. The maximum atomic E-state index is 12.1. The summed E-state index contributed by atoms with van der Waals surface area (Å²) >= 11 is 0. The van der Waals surface area contributed by atoms with Gasteiger partial charge < -0.3 is 15.2 Å². The molecule has 29 heavy (non-hydrogen) atoms. The van der Waals surface area contributed by atoms with Gasteiger partial charge in [-0.15, -0.1) is 0 Å². The van der Waals surface area contributed by atoms with Crippen molar-refractivity contribution in [2.24, 2.45) is 0 Å². The minimum absolute atomic E-state index is 0.0321. The molecule has 5 heteroatoms. The number of aliphatic hydroxyl groups is 1. The Hall–Kier alpha value is -3.62. The smallest absolute Gasteiger partial charge is 0.407 e. The van der Waals surface area contributed by atoms with Crippen LogP contribution in [-0.2, 0) is 11.3 Å². The van der Waals surface area contributed by atoms with E-state index >= 15 is 0 Å². The number of carbonyl (C=O) groups excluding carboxylic acids is 1. The molecular weight excluding hydrogens is 364 g/mol. The maximum Gasteiger partial charge on any atom is 0.407 e. The minimum Gasteiger partial charge on any atom is -0.449 e. The molecule has 5 nitrogen and oxygen atoms in total. The molecule has 0 radical (unpaired) electrons. The van der Waals surface area contributed by atoms with E-state index in [-0.39, 0.29) is 25.7 Å². The van der Waals surface area contributed by atoms with E-state index in [4.69, 9.17) is 9.84 Å². The van der Waals surface area contributed by atoms with Crippen molar-refractivity contribution in [2.75, 3.05) is 13.2 Å². The van der Waals surface area contributed by atoms with Gasteiger partial charge in [-0.2, -0.15) is 0 Å². The number of alkyl carbamates (subject to hydrolysis) is 1. The van der Waals surface area contributed by atoms with E-state index in [1.54, 1.807) is 18.2 Å². The number of aromatic nitrogens is 1. The number of fused-ring (bicyclic) bond motifs is 3. The van der Waals surface area contributed by atoms with Crippen molar-refractivity contribution in [3.8, 4) is 23.0 Å². The fraction of sp³-hybridized carbons (Fsp3) is 0.167. The monoisotopic (exact) mass is 384 g/mol. The molecule has 0 unspecified atom stereocenters. The lowest BCUT2D eigenvalue weighted by atomic mass is 9.98. The van der Waals surface area contributed by atoms with Crippen molar-refractivity contribution in [2.45, 2.75) is 12.5 Å². The van der Waals surface area contributed by atoms with Gasteiger partial charge in [0.15, 0.2) is 0 Å². The number of hydrogen-bond acceptors (Lipinski definition) is 4. The second kappa shape index (κ2) is 8.59. The van der Waals surface area contributed by atoms with Crippen molar-refractivity contribution < 1.29 is 14.6 Å². The lowest BCUT2D eigenvalue weighted by Crippen LogP contribution is -2.26. The summed E-state index contributed by atoms with van der Waals surface area (Å²) < 4.78 is 5.46. The fourth-order valence-corrected chi connectivity index (χ4v) is 3.54. The molecule has 2 aromatic carbocycles. The van der Waals surface area contributed by atoms with Crippen molar-refractivity contribution in [3.63, 3.8) is 0 Å². The van der Waals surface area contributed by atoms with Crippen LogP contribution < -0.4 is 5.32 Å². The molecule has 3 aromatic rings. The Kier molecular flexibility index (Phi) is 5.55. The molecule has 1 amide bonds. The highest BCUT2D eigenvalue weighted by molar-refractivity contribution is 5.79. The number of amides is 1. The predicted octanol–water partition coefficient (Wildman–Crippen LogP) is 3.46. The number of nitrogens with one attached hydrogen (secondary N) is 1. The Balaban J connectivity index is 1.34. The van der Waals surface area contributed by atoms with Crippen LogP contribution in [0.4, 0.5) is 4.79 Å². The van der Waals surface area contributed by atoms with Gasteiger partial charge in [-0.05, 0) is 40.3 Å². The SMILES string of the molecule is O=C(NCC#Cc1cccc(CO)n1)OCC1c2ccccc2-c2ccccc21. The first-order valence-electron chi connectivity index (χ1n) is 9.41. The molecule has 0 spiro atoms. The van der Waals surface area contributed by atoms with Crippen molar-refractivity contribution in [1.82, 2.24) is 10.3 Å². The first-order valence-corrected chi connectivity index (χ1v) is 9.41. The van der Waals surface area contributed by atoms with E-state index in [9.17, 15) is 4.79 Å². The number of pyridine rings is 1. The van der Waals surface area contributed by atoms with Gasteiger partial charge in [0.05, 0.1) is 18.8 Å². The third-order valence-corrected chi connectivity index (χ3v) is 4.85. The highest BCUT2D eigenvalue weighted by Crippen LogP contribution is 2.44. The molecule has 0 bridgehead atoms. The Morgan fingerprint density at radius 3 is 2.38 bits per heavy atom. The molecule has 0 aliphatic heterocycles. The highest BCUT2D eigenvalue weighted by Gasteiger charge is 2.28. The molecular formula is C24H20N2O3. The van der Waals surface area contributed by atoms with Crippen LogP contribution in [0.25, 0.3) is 11.1 Å². The molecule has 0 saturated heterocycles. The summed E-state index contributed by atoms with van der Waals surface area (Å²) in [6, 6.07) is 21.7. The lowest BCUT2D eigenvalue weighted by molar-refractivity contribution is 0.144. The quantitative estimate of drug-likeness (QED) is 0.676. The first kappa shape index (κ1) is 18.7. The Bertz CT molecular complexity index is 1050. The van der Waals surface area contributed by atoms with Crippen LogP contribution in [0.2, 0.25) is 0 Å². The van der Waals surface area contributed by atoms with E-state index < -0.39 is 6.09 Å². The van der Waals surface area contributed by atoms with Crippen LogP contribution in [0.3, 0.4) is 0 Å². The summed E-state index contributed by atoms with van der Waals surface area (Å²) in [5.41, 5.74) is 5.85. The number of nitrogens with zero attached hydrogens (tertiary/aromatic N) is 1. The van der Waals surface area contributed by atoms with Gasteiger partial charge in [0.25, 0.3) is 0 Å². The van der Waals surface area contributed by atoms with E-state index in [1.807, 2.05) is 24.3 Å². The van der Waals surface area contributed by atoms with E-state index in [2.05, 4.69) is 46.4 Å². The standard InChI is InChI=1S/C24H20N2O3/c27-15-18-8-5-7-17(26-18)9-6-14-25-24(28)29-16-23-21-12-3-1-10-19(21)20-11-2-4-13-22(20)23/h1-5,7-8,10-13,23,27H,14-16H2,(H,25,28). The molecule has 2 N–H and O–H groups in total. The number of ether oxygens (including phenoxy) is 1.